The number of methoxy groups -OCH3 is 1. The van der Waals surface area contributed by atoms with Gasteiger partial charge in [0.2, 0.25) is 5.88 Å². The molecule has 0 saturated heterocycles. The largest absolute Gasteiger partial charge is 0.506 e. The number of benzene rings is 1. The zero-order valence-electron chi connectivity index (χ0n) is 26.4. The summed E-state index contributed by atoms with van der Waals surface area (Å²) < 4.78 is 52.5. The first kappa shape index (κ1) is 33.1. The topological polar surface area (TPSA) is 157 Å². The van der Waals surface area contributed by atoms with Gasteiger partial charge in [0.15, 0.2) is 5.65 Å². The first-order valence-corrected chi connectivity index (χ1v) is 20.1. The Bertz CT molecular complexity index is 1950. The fraction of sp³-hybridized carbons (Fsp3) is 0.355. The Hall–Kier alpha value is -4.31. The molecule has 0 aliphatic carbocycles. The van der Waals surface area contributed by atoms with E-state index in [0.29, 0.717) is 34.8 Å². The van der Waals surface area contributed by atoms with Crippen molar-refractivity contribution in [1.29, 1.82) is 0 Å². The van der Waals surface area contributed by atoms with Crippen LogP contribution in [0.25, 0.3) is 33.1 Å². The van der Waals surface area contributed by atoms with Crippen LogP contribution in [0.1, 0.15) is 5.56 Å². The van der Waals surface area contributed by atoms with E-state index in [9.17, 15) is 13.5 Å². The molecular formula is C31H37N5O8SSi. The molecule has 0 fully saturated rings. The molecule has 0 unspecified atom stereocenters. The Morgan fingerprint density at radius 1 is 0.978 bits per heavy atom. The summed E-state index contributed by atoms with van der Waals surface area (Å²) in [6.07, 6.45) is 7.50. The molecule has 0 aliphatic heterocycles. The van der Waals surface area contributed by atoms with Gasteiger partial charge in [0.1, 0.15) is 38.1 Å². The van der Waals surface area contributed by atoms with Crippen LogP contribution in [-0.4, -0.2) is 79.3 Å². The minimum Gasteiger partial charge on any atom is -0.506 e. The van der Waals surface area contributed by atoms with E-state index >= 15 is 0 Å². The van der Waals surface area contributed by atoms with Crippen LogP contribution >= 0.6 is 0 Å². The van der Waals surface area contributed by atoms with Crippen molar-refractivity contribution in [2.45, 2.75) is 39.0 Å². The average molecular weight is 668 g/mol. The number of nitrogens with zero attached hydrogens (tertiary/aromatic N) is 5. The van der Waals surface area contributed by atoms with Gasteiger partial charge in [-0.1, -0.05) is 25.7 Å². The van der Waals surface area contributed by atoms with Gasteiger partial charge in [0, 0.05) is 43.6 Å². The molecular weight excluding hydrogens is 631 g/mol. The first-order valence-electron chi connectivity index (χ1n) is 14.5. The minimum atomic E-state index is -3.56. The lowest BCUT2D eigenvalue weighted by Gasteiger charge is -2.15. The normalized spacial score (nSPS) is 12.1. The lowest BCUT2D eigenvalue weighted by Crippen LogP contribution is -2.22. The molecule has 0 spiro atoms. The average Bonchev–Trinajstić information content (AvgIpc) is 3.37. The summed E-state index contributed by atoms with van der Waals surface area (Å²) in [6, 6.07) is 10.3. The Morgan fingerprint density at radius 3 is 2.57 bits per heavy atom. The number of hydrogen-bond acceptors (Lipinski definition) is 12. The number of pyridine rings is 2. The Balaban J connectivity index is 1.48. The van der Waals surface area contributed by atoms with Gasteiger partial charge in [-0.2, -0.15) is 18.4 Å². The second-order valence-electron chi connectivity index (χ2n) is 11.9. The summed E-state index contributed by atoms with van der Waals surface area (Å²) in [4.78, 5) is 17.8. The summed E-state index contributed by atoms with van der Waals surface area (Å²) in [5, 5.41) is 11.5. The maximum absolute atomic E-state index is 11.2. The van der Waals surface area contributed by atoms with Gasteiger partial charge in [-0.25, -0.2) is 0 Å². The molecule has 4 aromatic heterocycles. The number of fused-ring (bicyclic) bond motifs is 2. The van der Waals surface area contributed by atoms with Crippen LogP contribution in [0.5, 0.6) is 23.4 Å². The van der Waals surface area contributed by atoms with Gasteiger partial charge in [-0.3, -0.25) is 14.2 Å². The fourth-order valence-corrected chi connectivity index (χ4v) is 5.72. The predicted molar refractivity (Wildman–Crippen MR) is 175 cm³/mol. The van der Waals surface area contributed by atoms with Crippen molar-refractivity contribution in [2.75, 3.05) is 33.2 Å². The molecule has 5 aromatic rings. The summed E-state index contributed by atoms with van der Waals surface area (Å²) in [7, 11) is -3.35. The van der Waals surface area contributed by atoms with Gasteiger partial charge < -0.3 is 28.6 Å². The smallest absolute Gasteiger partial charge is 0.321 e. The van der Waals surface area contributed by atoms with Crippen molar-refractivity contribution in [3.8, 4) is 34.5 Å². The van der Waals surface area contributed by atoms with Crippen molar-refractivity contribution in [3.05, 3.63) is 60.7 Å². The zero-order valence-corrected chi connectivity index (χ0v) is 28.2. The second-order valence-corrected chi connectivity index (χ2v) is 19.1. The molecule has 0 bridgehead atoms. The van der Waals surface area contributed by atoms with E-state index < -0.39 is 18.2 Å². The number of aromatic nitrogens is 5. The Labute approximate surface area is 268 Å². The van der Waals surface area contributed by atoms with E-state index in [1.807, 2.05) is 29.0 Å². The van der Waals surface area contributed by atoms with Gasteiger partial charge in [-0.15, -0.1) is 0 Å². The van der Waals surface area contributed by atoms with Crippen LogP contribution in [-0.2, 0) is 32.4 Å². The van der Waals surface area contributed by atoms with Crippen LogP contribution in [0.2, 0.25) is 25.7 Å². The summed E-state index contributed by atoms with van der Waals surface area (Å²) in [5.74, 6) is 0.793. The molecule has 0 aliphatic rings. The number of rotatable bonds is 15. The van der Waals surface area contributed by atoms with Crippen LogP contribution in [0.4, 0.5) is 0 Å². The molecule has 0 saturated carbocycles. The van der Waals surface area contributed by atoms with E-state index in [-0.39, 0.29) is 38.3 Å². The van der Waals surface area contributed by atoms with E-state index in [1.54, 1.807) is 18.3 Å². The van der Waals surface area contributed by atoms with Crippen molar-refractivity contribution in [1.82, 2.24) is 24.5 Å². The third-order valence-electron chi connectivity index (χ3n) is 6.84. The summed E-state index contributed by atoms with van der Waals surface area (Å²) >= 11 is 0. The van der Waals surface area contributed by atoms with Gasteiger partial charge in [0.05, 0.1) is 36.7 Å². The molecule has 1 aromatic carbocycles. The zero-order chi connectivity index (χ0) is 32.9. The lowest BCUT2D eigenvalue weighted by atomic mass is 10.0. The monoisotopic (exact) mass is 667 g/mol. The highest BCUT2D eigenvalue weighted by Gasteiger charge is 2.21. The molecule has 244 valence electrons. The molecule has 1 N–H and O–H groups in total. The maximum Gasteiger partial charge on any atom is 0.321 e. The Kier molecular flexibility index (Phi) is 10.1. The van der Waals surface area contributed by atoms with Crippen molar-refractivity contribution >= 4 is 40.1 Å². The molecule has 15 heteroatoms. The molecule has 5 rings (SSSR count). The minimum absolute atomic E-state index is 0.0265. The first-order chi connectivity index (χ1) is 21.9. The van der Waals surface area contributed by atoms with Crippen LogP contribution in [0.3, 0.4) is 0 Å². The predicted octanol–water partition coefficient (Wildman–Crippen LogP) is 5.00. The molecule has 4 heterocycles. The van der Waals surface area contributed by atoms with Crippen molar-refractivity contribution in [2.24, 2.45) is 0 Å². The maximum atomic E-state index is 11.2. The van der Waals surface area contributed by atoms with Crippen LogP contribution in [0, 0.1) is 0 Å². The van der Waals surface area contributed by atoms with Gasteiger partial charge >= 0.3 is 6.01 Å². The Morgan fingerprint density at radius 2 is 1.80 bits per heavy atom. The molecule has 13 nitrogen and oxygen atoms in total. The molecule has 0 amide bonds. The quantitative estimate of drug-likeness (QED) is 0.0906. The fourth-order valence-electron chi connectivity index (χ4n) is 4.59. The van der Waals surface area contributed by atoms with Crippen molar-refractivity contribution < 1.29 is 36.7 Å². The standard InChI is InChI=1S/C31H37N5O8SSi/c1-40-31-34-29-28(30(35-31)43-19-21-12-25(17-32-15-21)42-8-9-44-45(2,38)39)26(18-36(29)20-41-10-11-46(3,4)5)22-6-7-27-23(13-22)14-24(37)16-33-27/h6-7,12-18,37H,8-11,19-20H2,1-5H3. The third-order valence-corrected chi connectivity index (χ3v) is 9.14. The molecule has 46 heavy (non-hydrogen) atoms. The molecule has 0 atom stereocenters. The van der Waals surface area contributed by atoms with Gasteiger partial charge in [0.25, 0.3) is 10.1 Å². The summed E-state index contributed by atoms with van der Waals surface area (Å²) in [6.45, 7) is 7.80. The van der Waals surface area contributed by atoms with Gasteiger partial charge in [-0.05, 0) is 35.9 Å². The van der Waals surface area contributed by atoms with E-state index in [1.165, 1.54) is 19.5 Å². The number of aromatic hydroxyl groups is 1. The third kappa shape index (κ3) is 8.69. The van der Waals surface area contributed by atoms with E-state index in [4.69, 9.17) is 23.1 Å². The van der Waals surface area contributed by atoms with E-state index in [0.717, 1.165) is 34.3 Å². The van der Waals surface area contributed by atoms with Crippen molar-refractivity contribution in [3.63, 3.8) is 0 Å². The number of hydrogen-bond donors (Lipinski definition) is 1. The lowest BCUT2D eigenvalue weighted by molar-refractivity contribution is 0.0898. The van der Waals surface area contributed by atoms with E-state index in [2.05, 4.69) is 39.6 Å². The summed E-state index contributed by atoms with van der Waals surface area (Å²) in [5.41, 5.74) is 3.65. The number of ether oxygens (including phenoxy) is 4. The second kappa shape index (κ2) is 14.0. The highest BCUT2D eigenvalue weighted by Crippen LogP contribution is 2.38. The molecule has 0 radical (unpaired) electrons. The van der Waals surface area contributed by atoms with Crippen LogP contribution < -0.4 is 14.2 Å². The highest BCUT2D eigenvalue weighted by atomic mass is 32.2. The SMILES string of the molecule is COc1nc(OCc2cncc(OCCOS(C)(=O)=O)c2)c2c(-c3ccc4ncc(O)cc4c3)cn(COCC[Si](C)(C)C)c2n1. The van der Waals surface area contributed by atoms with Crippen LogP contribution in [0.15, 0.2) is 55.1 Å². The highest BCUT2D eigenvalue weighted by molar-refractivity contribution is 7.85.